The van der Waals surface area contributed by atoms with Gasteiger partial charge in [-0.15, -0.1) is 0 Å². The van der Waals surface area contributed by atoms with Crippen LogP contribution in [0.4, 0.5) is 0 Å². The molecule has 0 fully saturated rings. The third-order valence-corrected chi connectivity index (χ3v) is 5.25. The number of hydrogen-bond acceptors (Lipinski definition) is 4. The summed E-state index contributed by atoms with van der Waals surface area (Å²) >= 11 is 0. The first-order valence-corrected chi connectivity index (χ1v) is 8.10. The Morgan fingerprint density at radius 3 is 2.29 bits per heavy atom. The minimum absolute atomic E-state index is 0.00861. The highest BCUT2D eigenvalue weighted by Gasteiger charge is 2.27. The molecule has 0 bridgehead atoms. The Kier molecular flexibility index (Phi) is 5.48. The third-order valence-electron chi connectivity index (χ3n) is 3.04. The summed E-state index contributed by atoms with van der Waals surface area (Å²) in [5, 5.41) is 8.15. The SMILES string of the molecule is CCN(CC(=O)O)C(=O)c1ccccc1S(=O)(=O)C(C)C. The second-order valence-corrected chi connectivity index (χ2v) is 7.28. The Morgan fingerprint density at radius 2 is 1.81 bits per heavy atom. The van der Waals surface area contributed by atoms with E-state index in [4.69, 9.17) is 5.11 Å². The minimum atomic E-state index is -3.62. The van der Waals surface area contributed by atoms with Gasteiger partial charge in [-0.25, -0.2) is 8.42 Å². The van der Waals surface area contributed by atoms with E-state index in [1.54, 1.807) is 19.1 Å². The number of carbonyl (C=O) groups is 2. The number of sulfone groups is 1. The summed E-state index contributed by atoms with van der Waals surface area (Å²) in [4.78, 5) is 24.2. The van der Waals surface area contributed by atoms with Gasteiger partial charge in [0.1, 0.15) is 6.54 Å². The number of rotatable bonds is 6. The van der Waals surface area contributed by atoms with Crippen molar-refractivity contribution in [1.82, 2.24) is 4.90 Å². The highest BCUT2D eigenvalue weighted by Crippen LogP contribution is 2.21. The molecule has 1 aromatic carbocycles. The summed E-state index contributed by atoms with van der Waals surface area (Å²) in [7, 11) is -3.62. The molecule has 0 unspecified atom stereocenters. The average Bonchev–Trinajstić information content (AvgIpc) is 2.43. The minimum Gasteiger partial charge on any atom is -0.480 e. The van der Waals surface area contributed by atoms with Gasteiger partial charge in [0.25, 0.3) is 5.91 Å². The van der Waals surface area contributed by atoms with Crippen molar-refractivity contribution in [3.8, 4) is 0 Å². The summed E-state index contributed by atoms with van der Waals surface area (Å²) in [5.41, 5.74) is 0.00861. The fourth-order valence-corrected chi connectivity index (χ4v) is 3.04. The lowest BCUT2D eigenvalue weighted by atomic mass is 10.2. The van der Waals surface area contributed by atoms with E-state index >= 15 is 0 Å². The van der Waals surface area contributed by atoms with Crippen LogP contribution in [0.25, 0.3) is 0 Å². The molecule has 21 heavy (non-hydrogen) atoms. The molecule has 116 valence electrons. The van der Waals surface area contributed by atoms with E-state index < -0.39 is 33.5 Å². The van der Waals surface area contributed by atoms with Crippen LogP contribution in [-0.4, -0.2) is 48.6 Å². The predicted molar refractivity (Wildman–Crippen MR) is 78.0 cm³/mol. The van der Waals surface area contributed by atoms with Gasteiger partial charge in [-0.2, -0.15) is 0 Å². The maximum Gasteiger partial charge on any atom is 0.323 e. The van der Waals surface area contributed by atoms with Gasteiger partial charge in [0.2, 0.25) is 0 Å². The Morgan fingerprint density at radius 1 is 1.24 bits per heavy atom. The van der Waals surface area contributed by atoms with Crippen LogP contribution in [-0.2, 0) is 14.6 Å². The highest BCUT2D eigenvalue weighted by atomic mass is 32.2. The Labute approximate surface area is 124 Å². The first-order chi connectivity index (χ1) is 9.71. The van der Waals surface area contributed by atoms with Crippen LogP contribution in [0.2, 0.25) is 0 Å². The zero-order chi connectivity index (χ0) is 16.2. The number of carboxylic acid groups (broad SMARTS) is 1. The smallest absolute Gasteiger partial charge is 0.323 e. The average molecular weight is 313 g/mol. The van der Waals surface area contributed by atoms with E-state index in [0.29, 0.717) is 0 Å². The molecule has 0 saturated carbocycles. The van der Waals surface area contributed by atoms with E-state index in [2.05, 4.69) is 0 Å². The van der Waals surface area contributed by atoms with E-state index in [0.717, 1.165) is 4.90 Å². The first kappa shape index (κ1) is 17.2. The fraction of sp³-hybridized carbons (Fsp3) is 0.429. The normalized spacial score (nSPS) is 11.4. The number of nitrogens with zero attached hydrogens (tertiary/aromatic N) is 1. The van der Waals surface area contributed by atoms with E-state index in [1.165, 1.54) is 26.0 Å². The van der Waals surface area contributed by atoms with Crippen LogP contribution in [0.5, 0.6) is 0 Å². The molecular weight excluding hydrogens is 294 g/mol. The number of aliphatic carboxylic acids is 1. The molecule has 1 rings (SSSR count). The Hall–Kier alpha value is -1.89. The quantitative estimate of drug-likeness (QED) is 0.857. The van der Waals surface area contributed by atoms with Crippen LogP contribution in [0.15, 0.2) is 29.2 Å². The van der Waals surface area contributed by atoms with Crippen molar-refractivity contribution in [2.45, 2.75) is 30.9 Å². The standard InChI is InChI=1S/C14H19NO5S/c1-4-15(9-13(16)17)14(18)11-7-5-6-8-12(11)21(19,20)10(2)3/h5-8,10H,4,9H2,1-3H3,(H,16,17). The molecule has 1 amide bonds. The van der Waals surface area contributed by atoms with Crippen LogP contribution < -0.4 is 0 Å². The number of amides is 1. The summed E-state index contributed by atoms with van der Waals surface area (Å²) in [6, 6.07) is 5.87. The largest absolute Gasteiger partial charge is 0.480 e. The predicted octanol–water partition coefficient (Wildman–Crippen LogP) is 1.42. The molecule has 1 N–H and O–H groups in total. The first-order valence-electron chi connectivity index (χ1n) is 6.55. The van der Waals surface area contributed by atoms with E-state index in [9.17, 15) is 18.0 Å². The molecular formula is C14H19NO5S. The molecule has 0 atom stereocenters. The molecule has 0 heterocycles. The van der Waals surface area contributed by atoms with Gasteiger partial charge in [-0.05, 0) is 32.9 Å². The van der Waals surface area contributed by atoms with Crippen molar-refractivity contribution >= 4 is 21.7 Å². The second kappa shape index (κ2) is 6.71. The van der Waals surface area contributed by atoms with Gasteiger partial charge in [-0.1, -0.05) is 12.1 Å². The van der Waals surface area contributed by atoms with Crippen LogP contribution >= 0.6 is 0 Å². The summed E-state index contributed by atoms with van der Waals surface area (Å²) < 4.78 is 24.6. The van der Waals surface area contributed by atoms with Crippen molar-refractivity contribution in [3.05, 3.63) is 29.8 Å². The van der Waals surface area contributed by atoms with Crippen molar-refractivity contribution in [2.75, 3.05) is 13.1 Å². The molecule has 1 aromatic rings. The van der Waals surface area contributed by atoms with Gasteiger partial charge in [0, 0.05) is 6.54 Å². The number of likely N-dealkylation sites (N-methyl/N-ethyl adjacent to an activating group) is 1. The molecule has 6 nitrogen and oxygen atoms in total. The molecule has 7 heteroatoms. The van der Waals surface area contributed by atoms with Gasteiger partial charge in [0.15, 0.2) is 9.84 Å². The van der Waals surface area contributed by atoms with Crippen molar-refractivity contribution < 1.29 is 23.1 Å². The molecule has 0 aliphatic rings. The Bertz CT molecular complexity index is 637. The zero-order valence-electron chi connectivity index (χ0n) is 12.2. The van der Waals surface area contributed by atoms with E-state index in [1.807, 2.05) is 0 Å². The molecule has 0 saturated heterocycles. The Balaban J connectivity index is 3.32. The van der Waals surface area contributed by atoms with Crippen molar-refractivity contribution in [3.63, 3.8) is 0 Å². The summed E-state index contributed by atoms with van der Waals surface area (Å²) in [6.45, 7) is 4.42. The lowest BCUT2D eigenvalue weighted by Gasteiger charge is -2.20. The molecule has 0 aliphatic carbocycles. The lowest BCUT2D eigenvalue weighted by molar-refractivity contribution is -0.137. The number of benzene rings is 1. The van der Waals surface area contributed by atoms with Gasteiger partial charge in [-0.3, -0.25) is 9.59 Å². The van der Waals surface area contributed by atoms with Gasteiger partial charge in [0.05, 0.1) is 15.7 Å². The molecule has 0 spiro atoms. The topological polar surface area (TPSA) is 91.8 Å². The van der Waals surface area contributed by atoms with Crippen LogP contribution in [0.3, 0.4) is 0 Å². The zero-order valence-corrected chi connectivity index (χ0v) is 13.1. The molecule has 0 aromatic heterocycles. The second-order valence-electron chi connectivity index (χ2n) is 4.80. The van der Waals surface area contributed by atoms with Crippen molar-refractivity contribution in [2.24, 2.45) is 0 Å². The summed E-state index contributed by atoms with van der Waals surface area (Å²) in [5.74, 6) is -1.74. The maximum atomic E-state index is 12.4. The number of carbonyl (C=O) groups excluding carboxylic acids is 1. The third kappa shape index (κ3) is 3.81. The highest BCUT2D eigenvalue weighted by molar-refractivity contribution is 7.92. The summed E-state index contributed by atoms with van der Waals surface area (Å²) in [6.07, 6.45) is 0. The van der Waals surface area contributed by atoms with Gasteiger partial charge >= 0.3 is 5.97 Å². The van der Waals surface area contributed by atoms with Gasteiger partial charge < -0.3 is 10.0 Å². The van der Waals surface area contributed by atoms with Crippen LogP contribution in [0, 0.1) is 0 Å². The number of hydrogen-bond donors (Lipinski definition) is 1. The fourth-order valence-electron chi connectivity index (χ4n) is 1.81. The lowest BCUT2D eigenvalue weighted by Crippen LogP contribution is -2.36. The monoisotopic (exact) mass is 313 g/mol. The molecule has 0 radical (unpaired) electrons. The maximum absolute atomic E-state index is 12.4. The van der Waals surface area contributed by atoms with Crippen molar-refractivity contribution in [1.29, 1.82) is 0 Å². The number of carboxylic acids is 1. The molecule has 0 aliphatic heterocycles. The van der Waals surface area contributed by atoms with Crippen LogP contribution in [0.1, 0.15) is 31.1 Å². The van der Waals surface area contributed by atoms with E-state index in [-0.39, 0.29) is 17.0 Å².